The summed E-state index contributed by atoms with van der Waals surface area (Å²) in [5, 5.41) is 5.93. The SMILES string of the molecule is COC1CNC(C(=O)Nc2nc(Cl)c3[nH]cnc3n2)C1. The molecule has 1 saturated heterocycles. The van der Waals surface area contributed by atoms with Crippen LogP contribution in [-0.2, 0) is 9.53 Å². The third kappa shape index (κ3) is 2.45. The van der Waals surface area contributed by atoms with Crippen molar-refractivity contribution in [1.82, 2.24) is 25.3 Å². The maximum Gasteiger partial charge on any atom is 0.243 e. The summed E-state index contributed by atoms with van der Waals surface area (Å²) < 4.78 is 5.20. The highest BCUT2D eigenvalue weighted by Gasteiger charge is 2.29. The minimum atomic E-state index is -0.322. The van der Waals surface area contributed by atoms with E-state index in [4.69, 9.17) is 16.3 Å². The molecule has 0 aromatic carbocycles. The molecule has 0 aliphatic carbocycles. The number of anilines is 1. The largest absolute Gasteiger partial charge is 0.380 e. The summed E-state index contributed by atoms with van der Waals surface area (Å²) in [5.41, 5.74) is 0.956. The molecule has 3 heterocycles. The van der Waals surface area contributed by atoms with E-state index in [1.54, 1.807) is 7.11 Å². The molecule has 0 spiro atoms. The first-order valence-corrected chi connectivity index (χ1v) is 6.49. The van der Waals surface area contributed by atoms with Gasteiger partial charge in [-0.1, -0.05) is 11.6 Å². The number of rotatable bonds is 3. The first-order valence-electron chi connectivity index (χ1n) is 6.11. The third-order valence-corrected chi connectivity index (χ3v) is 3.49. The van der Waals surface area contributed by atoms with E-state index in [0.29, 0.717) is 24.1 Å². The Morgan fingerprint density at radius 2 is 2.40 bits per heavy atom. The molecule has 2 atom stereocenters. The number of hydrogen-bond donors (Lipinski definition) is 3. The van der Waals surface area contributed by atoms with Gasteiger partial charge < -0.3 is 15.0 Å². The number of halogens is 1. The highest BCUT2D eigenvalue weighted by molar-refractivity contribution is 6.33. The summed E-state index contributed by atoms with van der Waals surface area (Å²) in [4.78, 5) is 27.0. The minimum absolute atomic E-state index is 0.0454. The van der Waals surface area contributed by atoms with Gasteiger partial charge in [0.25, 0.3) is 0 Å². The van der Waals surface area contributed by atoms with Crippen molar-refractivity contribution in [3.63, 3.8) is 0 Å². The highest BCUT2D eigenvalue weighted by Crippen LogP contribution is 2.19. The molecule has 106 valence electrons. The predicted octanol–water partition coefficient (Wildman–Crippen LogP) is 0.322. The average Bonchev–Trinajstić information content (AvgIpc) is 3.07. The molecule has 9 heteroatoms. The van der Waals surface area contributed by atoms with Crippen LogP contribution in [0.1, 0.15) is 6.42 Å². The highest BCUT2D eigenvalue weighted by atomic mass is 35.5. The van der Waals surface area contributed by atoms with E-state index >= 15 is 0 Å². The molecule has 1 aliphatic rings. The number of nitrogens with one attached hydrogen (secondary N) is 3. The molecule has 2 unspecified atom stereocenters. The van der Waals surface area contributed by atoms with Gasteiger partial charge in [-0.2, -0.15) is 9.97 Å². The number of ether oxygens (including phenoxy) is 1. The standard InChI is InChI=1S/C11H13ClN6O2/c1-20-5-2-6(13-3-5)10(19)18-11-16-8(12)7-9(17-11)15-4-14-7/h4-6,13H,2-3H2,1H3,(H2,14,15,16,17,18,19). The zero-order chi connectivity index (χ0) is 14.1. The molecule has 0 bridgehead atoms. The maximum absolute atomic E-state index is 12.1. The number of hydrogen-bond acceptors (Lipinski definition) is 6. The Kier molecular flexibility index (Phi) is 3.51. The van der Waals surface area contributed by atoms with Crippen molar-refractivity contribution in [2.75, 3.05) is 19.0 Å². The van der Waals surface area contributed by atoms with Crippen LogP contribution in [0.25, 0.3) is 11.2 Å². The van der Waals surface area contributed by atoms with Crippen LogP contribution in [0.5, 0.6) is 0 Å². The Labute approximate surface area is 119 Å². The smallest absolute Gasteiger partial charge is 0.243 e. The molecule has 1 amide bonds. The zero-order valence-corrected chi connectivity index (χ0v) is 11.4. The van der Waals surface area contributed by atoms with Crippen LogP contribution in [0.3, 0.4) is 0 Å². The molecular formula is C11H13ClN6O2. The second-order valence-electron chi connectivity index (χ2n) is 4.48. The monoisotopic (exact) mass is 296 g/mol. The van der Waals surface area contributed by atoms with Crippen LogP contribution in [-0.4, -0.2) is 51.6 Å². The second-order valence-corrected chi connectivity index (χ2v) is 4.84. The van der Waals surface area contributed by atoms with Crippen molar-refractivity contribution in [2.45, 2.75) is 18.6 Å². The van der Waals surface area contributed by atoms with E-state index in [9.17, 15) is 4.79 Å². The van der Waals surface area contributed by atoms with Crippen LogP contribution < -0.4 is 10.6 Å². The number of nitrogens with zero attached hydrogens (tertiary/aromatic N) is 3. The molecule has 8 nitrogen and oxygen atoms in total. The summed E-state index contributed by atoms with van der Waals surface area (Å²) >= 11 is 5.98. The van der Waals surface area contributed by atoms with Gasteiger partial charge in [-0.3, -0.25) is 10.1 Å². The fraction of sp³-hybridized carbons (Fsp3) is 0.455. The Hall–Kier alpha value is -1.77. The number of aromatic amines is 1. The van der Waals surface area contributed by atoms with E-state index in [2.05, 4.69) is 30.6 Å². The third-order valence-electron chi connectivity index (χ3n) is 3.22. The maximum atomic E-state index is 12.1. The molecule has 20 heavy (non-hydrogen) atoms. The molecular weight excluding hydrogens is 284 g/mol. The Morgan fingerprint density at radius 3 is 3.15 bits per heavy atom. The van der Waals surface area contributed by atoms with Crippen LogP contribution >= 0.6 is 11.6 Å². The van der Waals surface area contributed by atoms with E-state index in [1.165, 1.54) is 6.33 Å². The molecule has 3 N–H and O–H groups in total. The normalized spacial score (nSPS) is 22.3. The lowest BCUT2D eigenvalue weighted by atomic mass is 10.2. The summed E-state index contributed by atoms with van der Waals surface area (Å²) in [6, 6.07) is -0.322. The van der Waals surface area contributed by atoms with Gasteiger partial charge in [0, 0.05) is 13.7 Å². The molecule has 0 radical (unpaired) electrons. The van der Waals surface area contributed by atoms with Crippen molar-refractivity contribution in [3.05, 3.63) is 11.5 Å². The quantitative estimate of drug-likeness (QED) is 0.705. The average molecular weight is 297 g/mol. The number of aromatic nitrogens is 4. The number of imidazole rings is 1. The van der Waals surface area contributed by atoms with Crippen LogP contribution in [0, 0.1) is 0 Å². The molecule has 0 saturated carbocycles. The fourth-order valence-electron chi connectivity index (χ4n) is 2.13. The fourth-order valence-corrected chi connectivity index (χ4v) is 2.35. The number of amides is 1. The van der Waals surface area contributed by atoms with Crippen molar-refractivity contribution in [1.29, 1.82) is 0 Å². The lowest BCUT2D eigenvalue weighted by Gasteiger charge is -2.10. The predicted molar refractivity (Wildman–Crippen MR) is 72.5 cm³/mol. The topological polar surface area (TPSA) is 105 Å². The summed E-state index contributed by atoms with van der Waals surface area (Å²) in [7, 11) is 1.63. The lowest BCUT2D eigenvalue weighted by molar-refractivity contribution is -0.118. The number of carbonyl (C=O) groups is 1. The van der Waals surface area contributed by atoms with Gasteiger partial charge in [0.05, 0.1) is 18.5 Å². The number of methoxy groups -OCH3 is 1. The van der Waals surface area contributed by atoms with E-state index in [1.807, 2.05) is 0 Å². The minimum Gasteiger partial charge on any atom is -0.380 e. The first-order chi connectivity index (χ1) is 9.67. The number of fused-ring (bicyclic) bond motifs is 1. The van der Waals surface area contributed by atoms with Crippen LogP contribution in [0.4, 0.5) is 5.95 Å². The molecule has 1 aliphatic heterocycles. The van der Waals surface area contributed by atoms with Gasteiger partial charge in [-0.05, 0) is 6.42 Å². The van der Waals surface area contributed by atoms with Crippen molar-refractivity contribution in [3.8, 4) is 0 Å². The first kappa shape index (κ1) is 13.2. The van der Waals surface area contributed by atoms with Gasteiger partial charge in [0.15, 0.2) is 10.8 Å². The Balaban J connectivity index is 1.74. The molecule has 1 fully saturated rings. The van der Waals surface area contributed by atoms with E-state index in [-0.39, 0.29) is 29.2 Å². The van der Waals surface area contributed by atoms with Crippen molar-refractivity contribution in [2.24, 2.45) is 0 Å². The second kappa shape index (κ2) is 5.31. The van der Waals surface area contributed by atoms with Crippen molar-refractivity contribution >= 4 is 34.6 Å². The Morgan fingerprint density at radius 1 is 1.55 bits per heavy atom. The molecule has 2 aromatic rings. The van der Waals surface area contributed by atoms with Gasteiger partial charge in [-0.25, -0.2) is 4.98 Å². The summed E-state index contributed by atoms with van der Waals surface area (Å²) in [6.07, 6.45) is 2.13. The van der Waals surface area contributed by atoms with Gasteiger partial charge in [0.2, 0.25) is 11.9 Å². The zero-order valence-electron chi connectivity index (χ0n) is 10.7. The van der Waals surface area contributed by atoms with Gasteiger partial charge in [0.1, 0.15) is 5.52 Å². The lowest BCUT2D eigenvalue weighted by Crippen LogP contribution is -2.36. The molecule has 3 rings (SSSR count). The van der Waals surface area contributed by atoms with Gasteiger partial charge in [-0.15, -0.1) is 0 Å². The van der Waals surface area contributed by atoms with Gasteiger partial charge >= 0.3 is 0 Å². The van der Waals surface area contributed by atoms with E-state index in [0.717, 1.165) is 0 Å². The van der Waals surface area contributed by atoms with E-state index < -0.39 is 0 Å². The van der Waals surface area contributed by atoms with Crippen LogP contribution in [0.15, 0.2) is 6.33 Å². The number of carbonyl (C=O) groups excluding carboxylic acids is 1. The van der Waals surface area contributed by atoms with Crippen molar-refractivity contribution < 1.29 is 9.53 Å². The summed E-state index contributed by atoms with van der Waals surface area (Å²) in [5.74, 6) is -0.0715. The van der Waals surface area contributed by atoms with Crippen LogP contribution in [0.2, 0.25) is 5.15 Å². The summed E-state index contributed by atoms with van der Waals surface area (Å²) in [6.45, 7) is 0.647. The number of H-pyrrole nitrogens is 1. The Bertz CT molecular complexity index is 645. The molecule has 2 aromatic heterocycles.